The largest absolute Gasteiger partial charge is 0.377 e. The third-order valence-corrected chi connectivity index (χ3v) is 8.72. The standard InChI is InChI=1S/C26H28F4N6O/c1-34-8-10-35(11-9-34)20-5-2-18(3-6-20)23-13-24(14-23,15-23)26(29,30)25(37,16-36-17-31-32-33-36)21-7-4-19(27)12-22(21)28/h2-7,12,17,37H,8-11,13-16H2,1H3/t23?,24?,25-/m1/s1. The minimum absolute atomic E-state index is 0.168. The Kier molecular flexibility index (Phi) is 5.40. The Morgan fingerprint density at radius 2 is 1.65 bits per heavy atom. The molecule has 1 atom stereocenters. The smallest absolute Gasteiger partial charge is 0.287 e. The summed E-state index contributed by atoms with van der Waals surface area (Å²) >= 11 is 0. The van der Waals surface area contributed by atoms with Crippen molar-refractivity contribution in [1.82, 2.24) is 25.1 Å². The van der Waals surface area contributed by atoms with Gasteiger partial charge in [0.1, 0.15) is 18.0 Å². The number of benzene rings is 2. The highest BCUT2D eigenvalue weighted by molar-refractivity contribution is 5.52. The van der Waals surface area contributed by atoms with E-state index in [2.05, 4.69) is 32.4 Å². The van der Waals surface area contributed by atoms with Crippen LogP contribution in [0.5, 0.6) is 0 Å². The molecule has 1 aromatic heterocycles. The summed E-state index contributed by atoms with van der Waals surface area (Å²) in [6.45, 7) is 3.09. The quantitative estimate of drug-likeness (QED) is 0.486. The van der Waals surface area contributed by atoms with E-state index in [-0.39, 0.29) is 24.7 Å². The molecule has 196 valence electrons. The molecular formula is C26H28F4N6O. The van der Waals surface area contributed by atoms with Crippen molar-refractivity contribution in [2.45, 2.75) is 42.7 Å². The van der Waals surface area contributed by atoms with Gasteiger partial charge in [0.15, 0.2) is 5.60 Å². The third-order valence-electron chi connectivity index (χ3n) is 8.72. The highest BCUT2D eigenvalue weighted by Gasteiger charge is 2.82. The molecule has 3 aliphatic carbocycles. The van der Waals surface area contributed by atoms with Gasteiger partial charge in [0.2, 0.25) is 0 Å². The Morgan fingerprint density at radius 3 is 2.24 bits per heavy atom. The molecule has 0 unspecified atom stereocenters. The lowest BCUT2D eigenvalue weighted by Gasteiger charge is -2.74. The zero-order valence-electron chi connectivity index (χ0n) is 20.4. The van der Waals surface area contributed by atoms with Crippen molar-refractivity contribution in [3.05, 3.63) is 71.6 Å². The number of aliphatic hydroxyl groups is 1. The number of nitrogens with zero attached hydrogens (tertiary/aromatic N) is 6. The summed E-state index contributed by atoms with van der Waals surface area (Å²) in [4.78, 5) is 4.60. The van der Waals surface area contributed by atoms with Crippen LogP contribution in [0.4, 0.5) is 23.2 Å². The molecule has 7 nitrogen and oxygen atoms in total. The van der Waals surface area contributed by atoms with Crippen molar-refractivity contribution in [2.75, 3.05) is 38.1 Å². The van der Waals surface area contributed by atoms with E-state index in [1.807, 2.05) is 24.3 Å². The number of likely N-dealkylation sites (N-methyl/N-ethyl adjacent to an activating group) is 1. The van der Waals surface area contributed by atoms with Crippen LogP contribution in [-0.4, -0.2) is 69.4 Å². The van der Waals surface area contributed by atoms with Crippen molar-refractivity contribution >= 4 is 5.69 Å². The molecule has 11 heteroatoms. The molecule has 7 rings (SSSR count). The molecule has 3 aromatic rings. The van der Waals surface area contributed by atoms with Crippen molar-refractivity contribution in [3.8, 4) is 0 Å². The topological polar surface area (TPSA) is 70.3 Å². The van der Waals surface area contributed by atoms with E-state index in [1.165, 1.54) is 0 Å². The van der Waals surface area contributed by atoms with E-state index in [0.717, 1.165) is 60.6 Å². The van der Waals surface area contributed by atoms with Gasteiger partial charge in [0, 0.05) is 48.9 Å². The van der Waals surface area contributed by atoms with Gasteiger partial charge in [-0.3, -0.25) is 0 Å². The van der Waals surface area contributed by atoms with E-state index in [1.54, 1.807) is 0 Å². The molecule has 1 aliphatic heterocycles. The predicted molar refractivity (Wildman–Crippen MR) is 127 cm³/mol. The lowest BCUT2D eigenvalue weighted by molar-refractivity contribution is -0.347. The van der Waals surface area contributed by atoms with Crippen LogP contribution in [0.1, 0.15) is 30.4 Å². The number of anilines is 1. The first kappa shape index (κ1) is 24.3. The lowest BCUT2D eigenvalue weighted by atomic mass is 9.30. The summed E-state index contributed by atoms with van der Waals surface area (Å²) in [5.41, 5.74) is -3.43. The normalized spacial score (nSPS) is 27.4. The number of hydrogen-bond acceptors (Lipinski definition) is 6. The Labute approximate surface area is 211 Å². The number of halogens is 4. The number of hydrogen-bond donors (Lipinski definition) is 1. The van der Waals surface area contributed by atoms with Crippen molar-refractivity contribution in [2.24, 2.45) is 5.41 Å². The van der Waals surface area contributed by atoms with Gasteiger partial charge in [-0.1, -0.05) is 12.1 Å². The summed E-state index contributed by atoms with van der Waals surface area (Å²) < 4.78 is 61.9. The molecule has 2 bridgehead atoms. The van der Waals surface area contributed by atoms with Crippen molar-refractivity contribution in [1.29, 1.82) is 0 Å². The highest BCUT2D eigenvalue weighted by Crippen LogP contribution is 2.80. The molecule has 1 N–H and O–H groups in total. The summed E-state index contributed by atoms with van der Waals surface area (Å²) in [5.74, 6) is -5.89. The average Bonchev–Trinajstić information content (AvgIpc) is 3.31. The average molecular weight is 517 g/mol. The fourth-order valence-electron chi connectivity index (χ4n) is 6.62. The minimum atomic E-state index is -3.73. The van der Waals surface area contributed by atoms with Gasteiger partial charge in [0.05, 0.1) is 6.54 Å². The second-order valence-corrected chi connectivity index (χ2v) is 11.0. The molecule has 4 aliphatic rings. The number of alkyl halides is 2. The first-order valence-corrected chi connectivity index (χ1v) is 12.4. The van der Waals surface area contributed by atoms with E-state index in [4.69, 9.17) is 0 Å². The molecule has 0 radical (unpaired) electrons. The maximum absolute atomic E-state index is 16.3. The van der Waals surface area contributed by atoms with Crippen LogP contribution in [0, 0.1) is 17.0 Å². The van der Waals surface area contributed by atoms with Gasteiger partial charge in [0.25, 0.3) is 5.92 Å². The van der Waals surface area contributed by atoms with Crippen molar-refractivity contribution in [3.63, 3.8) is 0 Å². The maximum Gasteiger partial charge on any atom is 0.287 e. The number of rotatable bonds is 7. The van der Waals surface area contributed by atoms with Crippen molar-refractivity contribution < 1.29 is 22.7 Å². The molecule has 37 heavy (non-hydrogen) atoms. The zero-order chi connectivity index (χ0) is 26.1. The second kappa shape index (κ2) is 8.22. The molecular weight excluding hydrogens is 488 g/mol. The van der Waals surface area contributed by atoms with Crippen LogP contribution in [0.15, 0.2) is 48.8 Å². The molecule has 4 fully saturated rings. The van der Waals surface area contributed by atoms with Crippen LogP contribution >= 0.6 is 0 Å². The van der Waals surface area contributed by atoms with Gasteiger partial charge in [-0.15, -0.1) is 5.10 Å². The van der Waals surface area contributed by atoms with E-state index in [0.29, 0.717) is 6.07 Å². The van der Waals surface area contributed by atoms with Gasteiger partial charge in [-0.25, -0.2) is 22.2 Å². The lowest BCUT2D eigenvalue weighted by Crippen LogP contribution is -2.76. The monoisotopic (exact) mass is 516 g/mol. The molecule has 1 saturated heterocycles. The fourth-order valence-corrected chi connectivity index (χ4v) is 6.62. The van der Waals surface area contributed by atoms with Crippen LogP contribution in [-0.2, 0) is 17.6 Å². The number of tetrazole rings is 1. The summed E-state index contributed by atoms with van der Waals surface area (Å²) in [7, 11) is 2.10. The number of piperazine rings is 1. The highest BCUT2D eigenvalue weighted by atomic mass is 19.3. The first-order valence-electron chi connectivity index (χ1n) is 12.4. The van der Waals surface area contributed by atoms with E-state index < -0.39 is 40.7 Å². The number of aromatic nitrogens is 4. The minimum Gasteiger partial charge on any atom is -0.377 e. The molecule has 2 aromatic carbocycles. The van der Waals surface area contributed by atoms with E-state index >= 15 is 8.78 Å². The third kappa shape index (κ3) is 3.58. The molecule has 3 saturated carbocycles. The van der Waals surface area contributed by atoms with Gasteiger partial charge in [-0.2, -0.15) is 0 Å². The van der Waals surface area contributed by atoms with Crippen LogP contribution in [0.3, 0.4) is 0 Å². The summed E-state index contributed by atoms with van der Waals surface area (Å²) in [6.07, 6.45) is 1.58. The van der Waals surface area contributed by atoms with Crippen LogP contribution in [0.2, 0.25) is 0 Å². The molecule has 2 heterocycles. The SMILES string of the molecule is CN1CCN(c2ccc(C34CC(C(F)(F)[C@@](O)(Cn5cnnn5)c5ccc(F)cc5F)(C3)C4)cc2)CC1. The predicted octanol–water partition coefficient (Wildman–Crippen LogP) is 3.35. The molecule has 0 spiro atoms. The first-order chi connectivity index (χ1) is 17.6. The van der Waals surface area contributed by atoms with Gasteiger partial charge in [-0.05, 0) is 72.0 Å². The van der Waals surface area contributed by atoms with Crippen LogP contribution < -0.4 is 4.90 Å². The van der Waals surface area contributed by atoms with Crippen LogP contribution in [0.25, 0.3) is 0 Å². The zero-order valence-corrected chi connectivity index (χ0v) is 20.4. The Hall–Kier alpha value is -3.05. The van der Waals surface area contributed by atoms with Gasteiger partial charge < -0.3 is 14.9 Å². The Morgan fingerprint density at radius 1 is 0.973 bits per heavy atom. The summed E-state index contributed by atoms with van der Waals surface area (Å²) in [6, 6.07) is 10.4. The summed E-state index contributed by atoms with van der Waals surface area (Å²) in [5, 5.41) is 22.0. The van der Waals surface area contributed by atoms with E-state index in [9.17, 15) is 13.9 Å². The second-order valence-electron chi connectivity index (χ2n) is 11.0. The Balaban J connectivity index is 1.25. The Bertz CT molecular complexity index is 1270. The maximum atomic E-state index is 16.3. The molecule has 0 amide bonds. The van der Waals surface area contributed by atoms with Gasteiger partial charge >= 0.3 is 0 Å². The fraction of sp³-hybridized carbons (Fsp3) is 0.500.